The highest BCUT2D eigenvalue weighted by molar-refractivity contribution is 9.10. The van der Waals surface area contributed by atoms with Crippen LogP contribution in [0.4, 0.5) is 4.79 Å². The average Bonchev–Trinajstić information content (AvgIpc) is 2.37. The van der Waals surface area contributed by atoms with E-state index in [0.29, 0.717) is 6.42 Å². The molecule has 0 aliphatic carbocycles. The second-order valence-electron chi connectivity index (χ2n) is 5.63. The van der Waals surface area contributed by atoms with Crippen LogP contribution in [-0.4, -0.2) is 29.4 Å². The molecule has 0 spiro atoms. The Labute approximate surface area is 138 Å². The lowest BCUT2D eigenvalue weighted by Gasteiger charge is -2.23. The van der Waals surface area contributed by atoms with Gasteiger partial charge in [0.05, 0.1) is 11.9 Å². The summed E-state index contributed by atoms with van der Waals surface area (Å²) in [5, 5.41) is 2.58. The third kappa shape index (κ3) is 6.96. The molecule has 4 nitrogen and oxygen atoms in total. The Kier molecular flexibility index (Phi) is 6.68. The van der Waals surface area contributed by atoms with Crippen molar-refractivity contribution >= 4 is 39.4 Å². The van der Waals surface area contributed by atoms with E-state index in [2.05, 4.69) is 21.2 Å². The van der Waals surface area contributed by atoms with Crippen LogP contribution in [0.2, 0.25) is 0 Å². The predicted octanol–water partition coefficient (Wildman–Crippen LogP) is 3.69. The van der Waals surface area contributed by atoms with Crippen molar-refractivity contribution in [2.45, 2.75) is 38.8 Å². The zero-order valence-electron chi connectivity index (χ0n) is 12.3. The van der Waals surface area contributed by atoms with Gasteiger partial charge in [0.15, 0.2) is 5.78 Å². The summed E-state index contributed by atoms with van der Waals surface area (Å²) < 4.78 is 6.12. The molecule has 0 saturated carbocycles. The first-order chi connectivity index (χ1) is 9.71. The SMILES string of the molecule is CC(C)(C)OC(=O)N[C@@H](Cc1ccc(Br)cc1)C(=O)CCl. The smallest absolute Gasteiger partial charge is 0.408 e. The molecule has 1 amide bonds. The molecule has 1 aromatic rings. The number of ether oxygens (including phenoxy) is 1. The van der Waals surface area contributed by atoms with Gasteiger partial charge in [-0.1, -0.05) is 28.1 Å². The van der Waals surface area contributed by atoms with E-state index in [1.165, 1.54) is 0 Å². The molecule has 1 atom stereocenters. The van der Waals surface area contributed by atoms with Crippen LogP contribution in [0.1, 0.15) is 26.3 Å². The van der Waals surface area contributed by atoms with Gasteiger partial charge in [0.2, 0.25) is 0 Å². The largest absolute Gasteiger partial charge is 0.444 e. The number of carbonyl (C=O) groups excluding carboxylic acids is 2. The fraction of sp³-hybridized carbons (Fsp3) is 0.467. The molecule has 1 aromatic carbocycles. The van der Waals surface area contributed by atoms with E-state index in [1.54, 1.807) is 20.8 Å². The summed E-state index contributed by atoms with van der Waals surface area (Å²) in [6.07, 6.45) is -0.249. The lowest BCUT2D eigenvalue weighted by atomic mass is 10.0. The number of hydrogen-bond donors (Lipinski definition) is 1. The standard InChI is InChI=1S/C15H19BrClNO3/c1-15(2,3)21-14(20)18-12(13(19)9-17)8-10-4-6-11(16)7-5-10/h4-7,12H,8-9H2,1-3H3,(H,18,20)/t12-/m0/s1. The van der Waals surface area contributed by atoms with E-state index in [9.17, 15) is 9.59 Å². The van der Waals surface area contributed by atoms with Crippen LogP contribution in [0.25, 0.3) is 0 Å². The van der Waals surface area contributed by atoms with Gasteiger partial charge in [-0.15, -0.1) is 11.6 Å². The Balaban J connectivity index is 2.74. The van der Waals surface area contributed by atoms with Crippen molar-refractivity contribution in [2.24, 2.45) is 0 Å². The monoisotopic (exact) mass is 375 g/mol. The number of halogens is 2. The number of Topliss-reactive ketones (excluding diaryl/α,β-unsaturated/α-hetero) is 1. The van der Waals surface area contributed by atoms with E-state index in [0.717, 1.165) is 10.0 Å². The van der Waals surface area contributed by atoms with Crippen LogP contribution in [0.5, 0.6) is 0 Å². The van der Waals surface area contributed by atoms with Crippen LogP contribution < -0.4 is 5.32 Å². The Bertz CT molecular complexity index is 497. The van der Waals surface area contributed by atoms with Crippen molar-refractivity contribution in [1.29, 1.82) is 0 Å². The number of benzene rings is 1. The summed E-state index contributed by atoms with van der Waals surface area (Å²) in [5.41, 5.74) is 0.314. The summed E-state index contributed by atoms with van der Waals surface area (Å²) >= 11 is 8.96. The summed E-state index contributed by atoms with van der Waals surface area (Å²) in [7, 11) is 0. The molecule has 0 unspecified atom stereocenters. The maximum absolute atomic E-state index is 11.9. The molecule has 0 saturated heterocycles. The van der Waals surface area contributed by atoms with Gasteiger partial charge in [0.1, 0.15) is 5.60 Å². The van der Waals surface area contributed by atoms with Gasteiger partial charge >= 0.3 is 6.09 Å². The van der Waals surface area contributed by atoms with Gasteiger partial charge in [-0.05, 0) is 44.9 Å². The lowest BCUT2D eigenvalue weighted by Crippen LogP contribution is -2.45. The first-order valence-corrected chi connectivity index (χ1v) is 7.86. The zero-order valence-corrected chi connectivity index (χ0v) is 14.6. The highest BCUT2D eigenvalue weighted by Crippen LogP contribution is 2.13. The van der Waals surface area contributed by atoms with Gasteiger partial charge in [-0.3, -0.25) is 4.79 Å². The number of alkyl halides is 1. The Morgan fingerprint density at radius 3 is 2.33 bits per heavy atom. The molecule has 0 aliphatic heterocycles. The maximum atomic E-state index is 11.9. The summed E-state index contributed by atoms with van der Waals surface area (Å²) in [5.74, 6) is -0.401. The molecule has 0 radical (unpaired) electrons. The fourth-order valence-corrected chi connectivity index (χ4v) is 2.10. The molecule has 116 valence electrons. The van der Waals surface area contributed by atoms with Gasteiger partial charge in [-0.25, -0.2) is 4.79 Å². The molecule has 0 aliphatic rings. The normalized spacial score (nSPS) is 12.6. The number of amides is 1. The van der Waals surface area contributed by atoms with E-state index >= 15 is 0 Å². The molecule has 0 fully saturated rings. The molecule has 6 heteroatoms. The van der Waals surface area contributed by atoms with Crippen LogP contribution in [0.15, 0.2) is 28.7 Å². The van der Waals surface area contributed by atoms with Gasteiger partial charge < -0.3 is 10.1 Å². The minimum absolute atomic E-state index is 0.156. The second kappa shape index (κ2) is 7.80. The van der Waals surface area contributed by atoms with Crippen molar-refractivity contribution < 1.29 is 14.3 Å². The predicted molar refractivity (Wildman–Crippen MR) is 86.7 cm³/mol. The minimum atomic E-state index is -0.696. The highest BCUT2D eigenvalue weighted by atomic mass is 79.9. The maximum Gasteiger partial charge on any atom is 0.408 e. The molecule has 0 heterocycles. The van der Waals surface area contributed by atoms with E-state index in [-0.39, 0.29) is 11.7 Å². The number of hydrogen-bond acceptors (Lipinski definition) is 3. The highest BCUT2D eigenvalue weighted by Gasteiger charge is 2.23. The van der Waals surface area contributed by atoms with Crippen LogP contribution in [0, 0.1) is 0 Å². The van der Waals surface area contributed by atoms with Gasteiger partial charge in [-0.2, -0.15) is 0 Å². The number of alkyl carbamates (subject to hydrolysis) is 1. The molecule has 1 rings (SSSR count). The first kappa shape index (κ1) is 18.0. The van der Waals surface area contributed by atoms with Crippen LogP contribution >= 0.6 is 27.5 Å². The molecule has 0 bridgehead atoms. The quantitative estimate of drug-likeness (QED) is 0.797. The van der Waals surface area contributed by atoms with E-state index in [4.69, 9.17) is 16.3 Å². The van der Waals surface area contributed by atoms with E-state index in [1.807, 2.05) is 24.3 Å². The Morgan fingerprint density at radius 2 is 1.86 bits per heavy atom. The summed E-state index contributed by atoms with van der Waals surface area (Å²) in [6, 6.07) is 6.83. The number of carbonyl (C=O) groups is 2. The number of ketones is 1. The third-order valence-corrected chi connectivity index (χ3v) is 3.36. The molecular weight excluding hydrogens is 358 g/mol. The Hall–Kier alpha value is -1.07. The topological polar surface area (TPSA) is 55.4 Å². The van der Waals surface area contributed by atoms with Crippen molar-refractivity contribution in [1.82, 2.24) is 5.32 Å². The Morgan fingerprint density at radius 1 is 1.29 bits per heavy atom. The van der Waals surface area contributed by atoms with E-state index < -0.39 is 17.7 Å². The van der Waals surface area contributed by atoms with Crippen molar-refractivity contribution in [3.8, 4) is 0 Å². The van der Waals surface area contributed by atoms with Gasteiger partial charge in [0, 0.05) is 4.47 Å². The van der Waals surface area contributed by atoms with Crippen LogP contribution in [-0.2, 0) is 16.0 Å². The second-order valence-corrected chi connectivity index (χ2v) is 6.81. The summed E-state index contributed by atoms with van der Waals surface area (Å²) in [4.78, 5) is 23.7. The van der Waals surface area contributed by atoms with Gasteiger partial charge in [0.25, 0.3) is 0 Å². The average molecular weight is 377 g/mol. The zero-order chi connectivity index (χ0) is 16.0. The summed E-state index contributed by atoms with van der Waals surface area (Å²) in [6.45, 7) is 5.29. The molecular formula is C15H19BrClNO3. The lowest BCUT2D eigenvalue weighted by molar-refractivity contribution is -0.118. The molecule has 0 aromatic heterocycles. The van der Waals surface area contributed by atoms with Crippen molar-refractivity contribution in [3.05, 3.63) is 34.3 Å². The third-order valence-electron chi connectivity index (χ3n) is 2.56. The molecule has 21 heavy (non-hydrogen) atoms. The first-order valence-electron chi connectivity index (χ1n) is 6.54. The number of rotatable bonds is 5. The fourth-order valence-electron chi connectivity index (χ4n) is 1.64. The molecule has 1 N–H and O–H groups in total. The van der Waals surface area contributed by atoms with Crippen LogP contribution in [0.3, 0.4) is 0 Å². The number of nitrogens with one attached hydrogen (secondary N) is 1. The van der Waals surface area contributed by atoms with Crippen molar-refractivity contribution in [2.75, 3.05) is 5.88 Å². The van der Waals surface area contributed by atoms with Crippen molar-refractivity contribution in [3.63, 3.8) is 0 Å². The minimum Gasteiger partial charge on any atom is -0.444 e.